The summed E-state index contributed by atoms with van der Waals surface area (Å²) in [5.41, 5.74) is 0. The molecule has 1 N–H and O–H groups in total. The third kappa shape index (κ3) is 7.29. The first-order valence-electron chi connectivity index (χ1n) is 6.58. The van der Waals surface area contributed by atoms with Crippen LogP contribution >= 0.6 is 11.8 Å². The van der Waals surface area contributed by atoms with E-state index in [0.29, 0.717) is 19.8 Å². The maximum Gasteiger partial charge on any atom is 0.0863 e. The Bertz CT molecular complexity index is 190. The van der Waals surface area contributed by atoms with E-state index in [0.717, 1.165) is 16.9 Å². The summed E-state index contributed by atoms with van der Waals surface area (Å²) in [4.78, 5) is 0. The summed E-state index contributed by atoms with van der Waals surface area (Å²) in [5, 5.41) is 10.5. The Labute approximate surface area is 109 Å². The lowest BCUT2D eigenvalue weighted by molar-refractivity contribution is 0.0218. The van der Waals surface area contributed by atoms with Crippen LogP contribution in [0, 0.1) is 5.92 Å². The van der Waals surface area contributed by atoms with Crippen molar-refractivity contribution in [1.29, 1.82) is 0 Å². The van der Waals surface area contributed by atoms with Gasteiger partial charge in [-0.15, -0.1) is 0 Å². The molecule has 102 valence electrons. The molecule has 1 fully saturated rings. The van der Waals surface area contributed by atoms with Gasteiger partial charge in [0.05, 0.1) is 25.9 Å². The predicted molar refractivity (Wildman–Crippen MR) is 72.6 cm³/mol. The van der Waals surface area contributed by atoms with Crippen LogP contribution in [0.15, 0.2) is 0 Å². The Morgan fingerprint density at radius 3 is 2.88 bits per heavy atom. The molecule has 0 spiro atoms. The third-order valence-corrected chi connectivity index (χ3v) is 4.63. The van der Waals surface area contributed by atoms with E-state index < -0.39 is 0 Å². The molecule has 0 bridgehead atoms. The van der Waals surface area contributed by atoms with E-state index in [9.17, 15) is 5.11 Å². The van der Waals surface area contributed by atoms with Gasteiger partial charge < -0.3 is 14.6 Å². The lowest BCUT2D eigenvalue weighted by Crippen LogP contribution is -2.23. The second-order valence-corrected chi connectivity index (χ2v) is 6.28. The molecule has 0 amide bonds. The maximum atomic E-state index is 9.76. The molecule has 0 heterocycles. The molecule has 1 rings (SSSR count). The van der Waals surface area contributed by atoms with Crippen molar-refractivity contribution < 1.29 is 14.6 Å². The fourth-order valence-corrected chi connectivity index (χ4v) is 3.58. The average molecular weight is 262 g/mol. The lowest BCUT2D eigenvalue weighted by Gasteiger charge is -2.26. The average Bonchev–Trinajstić information content (AvgIpc) is 2.32. The molecule has 17 heavy (non-hydrogen) atoms. The predicted octanol–water partition coefficient (Wildman–Crippen LogP) is 2.32. The highest BCUT2D eigenvalue weighted by molar-refractivity contribution is 7.99. The highest BCUT2D eigenvalue weighted by Crippen LogP contribution is 2.32. The molecule has 3 nitrogen and oxygen atoms in total. The molecule has 3 atom stereocenters. The maximum absolute atomic E-state index is 9.76. The molecule has 1 aliphatic carbocycles. The van der Waals surface area contributed by atoms with E-state index in [1.54, 1.807) is 7.11 Å². The van der Waals surface area contributed by atoms with Crippen LogP contribution < -0.4 is 0 Å². The van der Waals surface area contributed by atoms with Crippen LogP contribution in [0.4, 0.5) is 0 Å². The minimum Gasteiger partial charge on any atom is -0.390 e. The topological polar surface area (TPSA) is 38.7 Å². The van der Waals surface area contributed by atoms with E-state index in [4.69, 9.17) is 9.47 Å². The van der Waals surface area contributed by atoms with Gasteiger partial charge in [0.1, 0.15) is 0 Å². The van der Waals surface area contributed by atoms with Gasteiger partial charge in [-0.05, 0) is 18.8 Å². The van der Waals surface area contributed by atoms with E-state index in [1.807, 2.05) is 11.8 Å². The standard InChI is InChI=1S/C13H26O3S/c1-11-4-3-5-13(8-11)17-10-12(14)9-16-7-6-15-2/h11-14H,3-10H2,1-2H3. The molecule has 0 aliphatic heterocycles. The first-order valence-corrected chi connectivity index (χ1v) is 7.63. The van der Waals surface area contributed by atoms with Crippen molar-refractivity contribution in [1.82, 2.24) is 0 Å². The van der Waals surface area contributed by atoms with Gasteiger partial charge in [0, 0.05) is 18.1 Å². The molecule has 1 aliphatic rings. The van der Waals surface area contributed by atoms with Crippen LogP contribution in [0.3, 0.4) is 0 Å². The normalized spacial score (nSPS) is 27.0. The Balaban J connectivity index is 2.00. The van der Waals surface area contributed by atoms with Crippen molar-refractivity contribution in [3.8, 4) is 0 Å². The summed E-state index contributed by atoms with van der Waals surface area (Å²) in [6, 6.07) is 0. The zero-order valence-corrected chi connectivity index (χ0v) is 11.9. The van der Waals surface area contributed by atoms with Gasteiger partial charge in [-0.1, -0.05) is 19.8 Å². The van der Waals surface area contributed by atoms with E-state index >= 15 is 0 Å². The fourth-order valence-electron chi connectivity index (χ4n) is 2.19. The summed E-state index contributed by atoms with van der Waals surface area (Å²) in [6.45, 7) is 3.92. The summed E-state index contributed by atoms with van der Waals surface area (Å²) in [5.74, 6) is 1.65. The minimum absolute atomic E-state index is 0.339. The molecule has 0 aromatic heterocycles. The van der Waals surface area contributed by atoms with Gasteiger partial charge in [0.2, 0.25) is 0 Å². The zero-order chi connectivity index (χ0) is 12.5. The van der Waals surface area contributed by atoms with Gasteiger partial charge in [0.15, 0.2) is 0 Å². The van der Waals surface area contributed by atoms with Crippen LogP contribution in [0.5, 0.6) is 0 Å². The molecule has 1 saturated carbocycles. The zero-order valence-electron chi connectivity index (χ0n) is 11.1. The first kappa shape index (κ1) is 15.3. The summed E-state index contributed by atoms with van der Waals surface area (Å²) < 4.78 is 10.2. The summed E-state index contributed by atoms with van der Waals surface area (Å²) >= 11 is 1.91. The van der Waals surface area contributed by atoms with Crippen molar-refractivity contribution in [3.05, 3.63) is 0 Å². The number of methoxy groups -OCH3 is 1. The third-order valence-electron chi connectivity index (χ3n) is 3.15. The van der Waals surface area contributed by atoms with Crippen LogP contribution in [-0.4, -0.2) is 49.1 Å². The van der Waals surface area contributed by atoms with E-state index in [2.05, 4.69) is 6.92 Å². The number of thioether (sulfide) groups is 1. The van der Waals surface area contributed by atoms with Crippen LogP contribution in [0.2, 0.25) is 0 Å². The first-order chi connectivity index (χ1) is 8.22. The summed E-state index contributed by atoms with van der Waals surface area (Å²) in [7, 11) is 1.65. The van der Waals surface area contributed by atoms with Crippen LogP contribution in [-0.2, 0) is 9.47 Å². The van der Waals surface area contributed by atoms with E-state index in [-0.39, 0.29) is 6.10 Å². The molecule has 4 heteroatoms. The van der Waals surface area contributed by atoms with Gasteiger partial charge in [0.25, 0.3) is 0 Å². The monoisotopic (exact) mass is 262 g/mol. The molecule has 0 aromatic rings. The number of rotatable bonds is 8. The van der Waals surface area contributed by atoms with Crippen molar-refractivity contribution in [2.24, 2.45) is 5.92 Å². The smallest absolute Gasteiger partial charge is 0.0863 e. The summed E-state index contributed by atoms with van der Waals surface area (Å²) in [6.07, 6.45) is 5.00. The molecule has 0 radical (unpaired) electrons. The van der Waals surface area contributed by atoms with Crippen molar-refractivity contribution in [3.63, 3.8) is 0 Å². The molecular weight excluding hydrogens is 236 g/mol. The second kappa shape index (κ2) is 9.20. The lowest BCUT2D eigenvalue weighted by atomic mass is 9.91. The SMILES string of the molecule is COCCOCC(O)CSC1CCCC(C)C1. The Morgan fingerprint density at radius 2 is 2.18 bits per heavy atom. The van der Waals surface area contributed by atoms with Gasteiger partial charge in [-0.25, -0.2) is 0 Å². The molecule has 3 unspecified atom stereocenters. The van der Waals surface area contributed by atoms with Crippen molar-refractivity contribution in [2.75, 3.05) is 32.7 Å². The van der Waals surface area contributed by atoms with Crippen LogP contribution in [0.25, 0.3) is 0 Å². The molecule has 0 saturated heterocycles. The highest BCUT2D eigenvalue weighted by atomic mass is 32.2. The van der Waals surface area contributed by atoms with Crippen molar-refractivity contribution in [2.45, 2.75) is 44.0 Å². The second-order valence-electron chi connectivity index (χ2n) is 4.95. The number of hydrogen-bond acceptors (Lipinski definition) is 4. The number of ether oxygens (including phenoxy) is 2. The Morgan fingerprint density at radius 1 is 1.35 bits per heavy atom. The Kier molecular flexibility index (Phi) is 8.27. The fraction of sp³-hybridized carbons (Fsp3) is 1.00. The number of hydrogen-bond donors (Lipinski definition) is 1. The number of aliphatic hydroxyl groups excluding tert-OH is 1. The molecular formula is C13H26O3S. The number of aliphatic hydroxyl groups is 1. The highest BCUT2D eigenvalue weighted by Gasteiger charge is 2.20. The van der Waals surface area contributed by atoms with Crippen molar-refractivity contribution >= 4 is 11.8 Å². The van der Waals surface area contributed by atoms with Crippen LogP contribution in [0.1, 0.15) is 32.6 Å². The van der Waals surface area contributed by atoms with Gasteiger partial charge in [-0.2, -0.15) is 11.8 Å². The minimum atomic E-state index is -0.339. The Hall–Kier alpha value is 0.230. The van der Waals surface area contributed by atoms with Gasteiger partial charge >= 0.3 is 0 Å². The largest absolute Gasteiger partial charge is 0.390 e. The quantitative estimate of drug-likeness (QED) is 0.681. The van der Waals surface area contributed by atoms with E-state index in [1.165, 1.54) is 25.7 Å². The van der Waals surface area contributed by atoms with Gasteiger partial charge in [-0.3, -0.25) is 0 Å². The molecule has 0 aromatic carbocycles.